The molecule has 2 aromatic carbocycles. The predicted molar refractivity (Wildman–Crippen MR) is 120 cm³/mol. The number of ketones is 1. The largest absolute Gasteiger partial charge is 0.497 e. The van der Waals surface area contributed by atoms with Crippen LogP contribution >= 0.6 is 0 Å². The fraction of sp³-hybridized carbons (Fsp3) is 0.417. The average Bonchev–Trinajstić information content (AvgIpc) is 2.74. The lowest BCUT2D eigenvalue weighted by Crippen LogP contribution is -2.39. The average molecular weight is 410 g/mol. The number of piperidine rings is 1. The zero-order valence-corrected chi connectivity index (χ0v) is 18.0. The molecule has 0 unspecified atom stereocenters. The highest BCUT2D eigenvalue weighted by atomic mass is 16.5. The van der Waals surface area contributed by atoms with Crippen molar-refractivity contribution in [2.24, 2.45) is 11.8 Å². The summed E-state index contributed by atoms with van der Waals surface area (Å²) in [7, 11) is 1.58. The highest BCUT2D eigenvalue weighted by Crippen LogP contribution is 2.28. The predicted octanol–water partition coefficient (Wildman–Crippen LogP) is 3.81. The highest BCUT2D eigenvalue weighted by Gasteiger charge is 2.27. The summed E-state index contributed by atoms with van der Waals surface area (Å²) in [5.74, 6) is 0.965. The second-order valence-electron chi connectivity index (χ2n) is 8.29. The molecule has 0 spiro atoms. The maximum absolute atomic E-state index is 13.1. The lowest BCUT2D eigenvalue weighted by Gasteiger charge is -2.32. The summed E-state index contributed by atoms with van der Waals surface area (Å²) in [5, 5.41) is 2.95. The molecule has 1 amide bonds. The summed E-state index contributed by atoms with van der Waals surface area (Å²) in [5.41, 5.74) is 7.83. The number of para-hydroxylation sites is 1. The first-order valence-corrected chi connectivity index (χ1v) is 10.5. The molecular weight excluding hydrogens is 378 g/mol. The number of amides is 1. The lowest BCUT2D eigenvalue weighted by molar-refractivity contribution is -0.121. The number of nitrogens with two attached hydrogens (primary N) is 1. The number of nitrogen functional groups attached to an aromatic ring is 1. The van der Waals surface area contributed by atoms with E-state index in [4.69, 9.17) is 10.5 Å². The summed E-state index contributed by atoms with van der Waals surface area (Å²) in [6, 6.07) is 12.0. The summed E-state index contributed by atoms with van der Waals surface area (Å²) in [6.07, 6.45) is 1.63. The minimum absolute atomic E-state index is 0.0686. The van der Waals surface area contributed by atoms with Gasteiger partial charge < -0.3 is 20.7 Å². The van der Waals surface area contributed by atoms with Crippen LogP contribution in [0.25, 0.3) is 0 Å². The molecule has 0 saturated carbocycles. The zero-order valence-electron chi connectivity index (χ0n) is 18.0. The maximum Gasteiger partial charge on any atom is 0.227 e. The van der Waals surface area contributed by atoms with Crippen LogP contribution in [0.2, 0.25) is 0 Å². The molecule has 1 aliphatic heterocycles. The van der Waals surface area contributed by atoms with E-state index in [0.29, 0.717) is 34.2 Å². The molecule has 3 rings (SSSR count). The van der Waals surface area contributed by atoms with Crippen LogP contribution < -0.4 is 15.8 Å². The quantitative estimate of drug-likeness (QED) is 0.536. The summed E-state index contributed by atoms with van der Waals surface area (Å²) < 4.78 is 5.15. The number of ether oxygens (including phenoxy) is 1. The van der Waals surface area contributed by atoms with Gasteiger partial charge in [-0.1, -0.05) is 19.9 Å². The van der Waals surface area contributed by atoms with Crippen molar-refractivity contribution in [1.82, 2.24) is 4.90 Å². The van der Waals surface area contributed by atoms with Crippen LogP contribution in [-0.4, -0.2) is 43.3 Å². The number of nitrogens with zero attached hydrogens (tertiary/aromatic N) is 1. The number of carbonyl (C=O) groups excluding carboxylic acids is 2. The second kappa shape index (κ2) is 9.76. The first kappa shape index (κ1) is 21.8. The van der Waals surface area contributed by atoms with E-state index in [1.165, 1.54) is 0 Å². The Balaban J connectivity index is 1.73. The van der Waals surface area contributed by atoms with Crippen molar-refractivity contribution in [1.29, 1.82) is 0 Å². The van der Waals surface area contributed by atoms with Crippen molar-refractivity contribution in [3.05, 3.63) is 53.6 Å². The van der Waals surface area contributed by atoms with Gasteiger partial charge in [-0.05, 0) is 68.2 Å². The van der Waals surface area contributed by atoms with Crippen molar-refractivity contribution in [3.63, 3.8) is 0 Å². The number of methoxy groups -OCH3 is 1. The Hall–Kier alpha value is -2.86. The van der Waals surface area contributed by atoms with E-state index >= 15 is 0 Å². The van der Waals surface area contributed by atoms with E-state index in [-0.39, 0.29) is 17.6 Å². The van der Waals surface area contributed by atoms with E-state index in [9.17, 15) is 9.59 Å². The van der Waals surface area contributed by atoms with Gasteiger partial charge in [0.05, 0.1) is 18.5 Å². The molecule has 0 atom stereocenters. The molecule has 0 radical (unpaired) electrons. The maximum atomic E-state index is 13.1. The first-order valence-electron chi connectivity index (χ1n) is 10.5. The molecule has 0 bridgehead atoms. The van der Waals surface area contributed by atoms with Crippen molar-refractivity contribution in [2.45, 2.75) is 26.7 Å². The van der Waals surface area contributed by atoms with Crippen LogP contribution in [0.15, 0.2) is 42.5 Å². The zero-order chi connectivity index (χ0) is 21.7. The Morgan fingerprint density at radius 2 is 1.80 bits per heavy atom. The molecule has 6 heteroatoms. The Bertz CT molecular complexity index is 885. The topological polar surface area (TPSA) is 84.7 Å². The van der Waals surface area contributed by atoms with Crippen molar-refractivity contribution < 1.29 is 14.3 Å². The Kier molecular flexibility index (Phi) is 7.11. The molecule has 0 aromatic heterocycles. The number of anilines is 2. The number of likely N-dealkylation sites (tertiary alicyclic amines) is 1. The molecule has 1 aliphatic rings. The van der Waals surface area contributed by atoms with Crippen molar-refractivity contribution in [2.75, 3.05) is 37.8 Å². The van der Waals surface area contributed by atoms with Crippen LogP contribution in [0, 0.1) is 11.8 Å². The van der Waals surface area contributed by atoms with Gasteiger partial charge in [0.1, 0.15) is 5.75 Å². The lowest BCUT2D eigenvalue weighted by atomic mass is 9.94. The third-order valence-corrected chi connectivity index (χ3v) is 5.52. The van der Waals surface area contributed by atoms with Gasteiger partial charge in [0, 0.05) is 23.6 Å². The van der Waals surface area contributed by atoms with Gasteiger partial charge in [-0.15, -0.1) is 0 Å². The number of nitrogens with one attached hydrogen (secondary N) is 1. The van der Waals surface area contributed by atoms with Crippen LogP contribution in [0.4, 0.5) is 11.4 Å². The summed E-state index contributed by atoms with van der Waals surface area (Å²) >= 11 is 0. The summed E-state index contributed by atoms with van der Waals surface area (Å²) in [4.78, 5) is 28.4. The molecule has 2 aromatic rings. The van der Waals surface area contributed by atoms with Crippen LogP contribution in [-0.2, 0) is 4.79 Å². The minimum Gasteiger partial charge on any atom is -0.497 e. The van der Waals surface area contributed by atoms with Crippen LogP contribution in [0.5, 0.6) is 5.75 Å². The van der Waals surface area contributed by atoms with Gasteiger partial charge in [-0.3, -0.25) is 9.59 Å². The van der Waals surface area contributed by atoms with Gasteiger partial charge in [-0.2, -0.15) is 0 Å². The smallest absolute Gasteiger partial charge is 0.227 e. The first-order chi connectivity index (χ1) is 14.4. The fourth-order valence-electron chi connectivity index (χ4n) is 3.92. The third-order valence-electron chi connectivity index (χ3n) is 5.52. The van der Waals surface area contributed by atoms with Crippen LogP contribution in [0.3, 0.4) is 0 Å². The molecule has 1 fully saturated rings. The number of hydrogen-bond acceptors (Lipinski definition) is 5. The number of carbonyl (C=O) groups is 2. The molecule has 30 heavy (non-hydrogen) atoms. The molecule has 1 heterocycles. The standard InChI is InChI=1S/C24H31N3O3/c1-16(2)15-27-13-11-18(12-14-27)24(29)26-22-20(5-4-6-21(22)25)23(28)17-7-9-19(30-3)10-8-17/h4-10,16,18H,11-15,25H2,1-3H3,(H,26,29). The molecular formula is C24H31N3O3. The SMILES string of the molecule is COc1ccc(C(=O)c2cccc(N)c2NC(=O)C2CCN(CC(C)C)CC2)cc1. The fourth-order valence-corrected chi connectivity index (χ4v) is 3.92. The Morgan fingerprint density at radius 1 is 1.13 bits per heavy atom. The molecule has 0 aliphatic carbocycles. The van der Waals surface area contributed by atoms with E-state index in [1.807, 2.05) is 0 Å². The summed E-state index contributed by atoms with van der Waals surface area (Å²) in [6.45, 7) is 7.30. The third kappa shape index (κ3) is 5.19. The normalized spacial score (nSPS) is 15.2. The Morgan fingerprint density at radius 3 is 2.40 bits per heavy atom. The second-order valence-corrected chi connectivity index (χ2v) is 8.29. The van der Waals surface area contributed by atoms with Gasteiger partial charge in [-0.25, -0.2) is 0 Å². The van der Waals surface area contributed by atoms with E-state index in [1.54, 1.807) is 49.6 Å². The molecule has 3 N–H and O–H groups in total. The van der Waals surface area contributed by atoms with Crippen molar-refractivity contribution in [3.8, 4) is 5.75 Å². The number of hydrogen-bond donors (Lipinski definition) is 2. The molecule has 160 valence electrons. The monoisotopic (exact) mass is 409 g/mol. The minimum atomic E-state index is -0.188. The van der Waals surface area contributed by atoms with E-state index in [2.05, 4.69) is 24.1 Å². The molecule has 6 nitrogen and oxygen atoms in total. The van der Waals surface area contributed by atoms with E-state index < -0.39 is 0 Å². The van der Waals surface area contributed by atoms with Gasteiger partial charge in [0.15, 0.2) is 5.78 Å². The molecule has 1 saturated heterocycles. The van der Waals surface area contributed by atoms with Gasteiger partial charge >= 0.3 is 0 Å². The van der Waals surface area contributed by atoms with E-state index in [0.717, 1.165) is 32.5 Å². The number of benzene rings is 2. The highest BCUT2D eigenvalue weighted by molar-refractivity contribution is 6.15. The van der Waals surface area contributed by atoms with Crippen molar-refractivity contribution >= 4 is 23.1 Å². The van der Waals surface area contributed by atoms with Gasteiger partial charge in [0.2, 0.25) is 5.91 Å². The van der Waals surface area contributed by atoms with Gasteiger partial charge in [0.25, 0.3) is 0 Å². The Labute approximate surface area is 178 Å². The number of rotatable bonds is 7. The van der Waals surface area contributed by atoms with Crippen LogP contribution in [0.1, 0.15) is 42.6 Å².